The van der Waals surface area contributed by atoms with E-state index in [-0.39, 0.29) is 43.0 Å². The number of methoxy groups -OCH3 is 1. The van der Waals surface area contributed by atoms with Gasteiger partial charge in [-0.15, -0.1) is 0 Å². The Balaban J connectivity index is 1.32. The molecule has 0 amide bonds. The number of ketones is 2. The predicted molar refractivity (Wildman–Crippen MR) is 167 cm³/mol. The van der Waals surface area contributed by atoms with E-state index in [9.17, 15) is 30.0 Å². The maximum Gasteiger partial charge on any atom is 0.160 e. The Morgan fingerprint density at radius 2 is 1.91 bits per heavy atom. The zero-order valence-corrected chi connectivity index (χ0v) is 26.2. The number of rotatable bonds is 10. The Labute approximate surface area is 262 Å². The summed E-state index contributed by atoms with van der Waals surface area (Å²) in [5.74, 6) is 8.81. The summed E-state index contributed by atoms with van der Waals surface area (Å²) in [4.78, 5) is 25.9. The van der Waals surface area contributed by atoms with Gasteiger partial charge in [-0.05, 0) is 124 Å². The average molecular weight is 610 g/mol. The van der Waals surface area contributed by atoms with Gasteiger partial charge in [-0.3, -0.25) is 9.59 Å². The van der Waals surface area contributed by atoms with Crippen LogP contribution in [0.3, 0.4) is 0 Å². The van der Waals surface area contributed by atoms with Crippen LogP contribution in [0.2, 0.25) is 0 Å². The average Bonchev–Trinajstić information content (AvgIpc) is 3.07. The van der Waals surface area contributed by atoms with E-state index in [0.29, 0.717) is 80.3 Å². The van der Waals surface area contributed by atoms with Gasteiger partial charge in [-0.1, -0.05) is 11.8 Å². The minimum atomic E-state index is -1.11. The molecule has 2 saturated carbocycles. The molecule has 5 rings (SSSR count). The van der Waals surface area contributed by atoms with Crippen molar-refractivity contribution in [1.82, 2.24) is 5.32 Å². The highest BCUT2D eigenvalue weighted by atomic mass is 16.5. The molecule has 0 bridgehead atoms. The van der Waals surface area contributed by atoms with Crippen LogP contribution >= 0.6 is 0 Å². The molecule has 8 atom stereocenters. The quantitative estimate of drug-likeness (QED) is 0.251. The van der Waals surface area contributed by atoms with Crippen molar-refractivity contribution in [3.8, 4) is 23.3 Å². The molecule has 8 heteroatoms. The van der Waals surface area contributed by atoms with Crippen LogP contribution in [0.4, 0.5) is 0 Å². The molecule has 1 aliphatic heterocycles. The summed E-state index contributed by atoms with van der Waals surface area (Å²) in [5, 5.41) is 45.1. The van der Waals surface area contributed by atoms with Gasteiger partial charge in [0.05, 0.1) is 13.2 Å². The van der Waals surface area contributed by atoms with Crippen LogP contribution < -0.4 is 10.1 Å². The lowest BCUT2D eigenvalue weighted by Crippen LogP contribution is -2.50. The maximum absolute atomic E-state index is 13.9. The van der Waals surface area contributed by atoms with Gasteiger partial charge in [-0.2, -0.15) is 0 Å². The first-order valence-electron chi connectivity index (χ1n) is 16.9. The van der Waals surface area contributed by atoms with Crippen molar-refractivity contribution in [2.45, 2.75) is 108 Å². The first-order valence-corrected chi connectivity index (χ1v) is 16.9. The summed E-state index contributed by atoms with van der Waals surface area (Å²) >= 11 is 0. The Morgan fingerprint density at radius 1 is 1.09 bits per heavy atom. The lowest BCUT2D eigenvalue weighted by molar-refractivity contribution is -0.134. The molecule has 0 unspecified atom stereocenters. The van der Waals surface area contributed by atoms with Crippen molar-refractivity contribution in [3.63, 3.8) is 0 Å². The molecule has 4 aliphatic rings. The molecule has 3 aliphatic carbocycles. The number of piperidine rings is 1. The molecule has 1 saturated heterocycles. The van der Waals surface area contributed by atoms with Crippen LogP contribution in [0.15, 0.2) is 12.1 Å². The van der Waals surface area contributed by atoms with E-state index in [4.69, 9.17) is 4.74 Å². The monoisotopic (exact) mass is 609 g/mol. The molecule has 1 aromatic carbocycles. The molecule has 1 heterocycles. The smallest absolute Gasteiger partial charge is 0.160 e. The van der Waals surface area contributed by atoms with Crippen LogP contribution in [0, 0.1) is 40.9 Å². The topological polar surface area (TPSA) is 136 Å². The predicted octanol–water partition coefficient (Wildman–Crippen LogP) is 4.05. The number of phenols is 1. The van der Waals surface area contributed by atoms with Crippen molar-refractivity contribution in [2.75, 3.05) is 26.9 Å². The van der Waals surface area contributed by atoms with Gasteiger partial charge < -0.3 is 30.5 Å². The summed E-state index contributed by atoms with van der Waals surface area (Å²) in [6.45, 7) is 1.09. The van der Waals surface area contributed by atoms with Crippen molar-refractivity contribution >= 4 is 11.6 Å². The normalized spacial score (nSPS) is 32.8. The van der Waals surface area contributed by atoms with E-state index < -0.39 is 11.5 Å². The van der Waals surface area contributed by atoms with E-state index in [1.807, 2.05) is 0 Å². The maximum atomic E-state index is 13.9. The number of aliphatic hydroxyl groups is 3. The molecule has 0 radical (unpaired) electrons. The second-order valence-corrected chi connectivity index (χ2v) is 13.9. The molecule has 0 aromatic heterocycles. The van der Waals surface area contributed by atoms with Crippen LogP contribution in [0.5, 0.6) is 11.5 Å². The number of fused-ring (bicyclic) bond motifs is 2. The van der Waals surface area contributed by atoms with Crippen LogP contribution in [0.25, 0.3) is 0 Å². The van der Waals surface area contributed by atoms with E-state index in [1.165, 1.54) is 7.11 Å². The van der Waals surface area contributed by atoms with E-state index in [2.05, 4.69) is 17.2 Å². The molecule has 3 fully saturated rings. The Morgan fingerprint density at radius 3 is 2.66 bits per heavy atom. The Bertz CT molecular complexity index is 1240. The molecule has 1 spiro atoms. The number of phenolic OH excluding ortho intramolecular Hbond substituents is 1. The number of carbonyl (C=O) groups is 2. The van der Waals surface area contributed by atoms with Crippen LogP contribution in [-0.2, 0) is 16.0 Å². The second kappa shape index (κ2) is 14.8. The largest absolute Gasteiger partial charge is 0.504 e. The van der Waals surface area contributed by atoms with Gasteiger partial charge in [0, 0.05) is 44.4 Å². The Hall–Kier alpha value is -2.44. The molecule has 8 nitrogen and oxygen atoms in total. The summed E-state index contributed by atoms with van der Waals surface area (Å²) in [6, 6.07) is 3.77. The number of ether oxygens (including phenoxy) is 1. The summed E-state index contributed by atoms with van der Waals surface area (Å²) in [6.07, 6.45) is 8.90. The lowest BCUT2D eigenvalue weighted by atomic mass is 9.63. The number of carbonyl (C=O) groups excluding carboxylic acids is 2. The summed E-state index contributed by atoms with van der Waals surface area (Å²) in [5.41, 5.74) is 0.647. The van der Waals surface area contributed by atoms with Crippen LogP contribution in [0.1, 0.15) is 101 Å². The number of aliphatic hydroxyl groups excluding tert-OH is 3. The molecular formula is C36H51NO7. The third-order valence-electron chi connectivity index (χ3n) is 11.2. The minimum Gasteiger partial charge on any atom is -0.504 e. The van der Waals surface area contributed by atoms with Gasteiger partial charge in [0.25, 0.3) is 0 Å². The fourth-order valence-corrected chi connectivity index (χ4v) is 8.65. The number of hydrogen-bond donors (Lipinski definition) is 5. The molecule has 242 valence electrons. The molecule has 44 heavy (non-hydrogen) atoms. The second-order valence-electron chi connectivity index (χ2n) is 13.9. The highest BCUT2D eigenvalue weighted by molar-refractivity contribution is 5.89. The number of Topliss-reactive ketones (excluding diaryl/α,β-unsaturated/α-hetero) is 2. The third-order valence-corrected chi connectivity index (χ3v) is 11.2. The number of aryl methyl sites for hydroxylation is 1. The van der Waals surface area contributed by atoms with Crippen molar-refractivity contribution < 1.29 is 34.8 Å². The summed E-state index contributed by atoms with van der Waals surface area (Å²) < 4.78 is 5.34. The van der Waals surface area contributed by atoms with E-state index >= 15 is 0 Å². The highest BCUT2D eigenvalue weighted by Crippen LogP contribution is 2.46. The van der Waals surface area contributed by atoms with Crippen LogP contribution in [-0.4, -0.2) is 71.0 Å². The first-order chi connectivity index (χ1) is 21.3. The van der Waals surface area contributed by atoms with Crippen molar-refractivity contribution in [2.24, 2.45) is 29.1 Å². The third kappa shape index (κ3) is 7.17. The van der Waals surface area contributed by atoms with Gasteiger partial charge in [0.1, 0.15) is 11.2 Å². The van der Waals surface area contributed by atoms with Gasteiger partial charge in [0.2, 0.25) is 0 Å². The zero-order valence-electron chi connectivity index (χ0n) is 26.2. The standard InChI is InChI=1S/C36H51NO7/c1-44-33-19-26-7-9-34(42)36(13-11-24(4-2-14-38)30(26)21-32(33)41)12-10-23(17-35(36)43)16-25(5-3-15-39)28-18-27-6-8-29(40)20-31(27)37-22-28/h19,21,23-25,27-28,31,35,37-39,41,43H,2-10,12,14-18,20,22H2,1H3/t23-,24+,25+,27+,28-,31-,35-,36-/m1/s1. The number of hydrogen-bond acceptors (Lipinski definition) is 8. The SMILES string of the molecule is COc1cc2c(cc1O)[C@@H](CCCO)C#C[C@]1(CC[C@H](C[C@H](CCCO)[C@H]3CN[C@@H]4CC(=O)CC[C@H]4C3)C[C@H]1O)C(=O)CC2. The van der Waals surface area contributed by atoms with E-state index in [0.717, 1.165) is 56.2 Å². The highest BCUT2D eigenvalue weighted by Gasteiger charge is 2.48. The van der Waals surface area contributed by atoms with Crippen molar-refractivity contribution in [3.05, 3.63) is 23.3 Å². The molecule has 5 N–H and O–H groups in total. The molecular weight excluding hydrogens is 558 g/mol. The number of benzene rings is 1. The van der Waals surface area contributed by atoms with Crippen molar-refractivity contribution in [1.29, 1.82) is 0 Å². The Kier molecular flexibility index (Phi) is 11.1. The van der Waals surface area contributed by atoms with Gasteiger partial charge >= 0.3 is 0 Å². The minimum absolute atomic E-state index is 0.0250. The van der Waals surface area contributed by atoms with Gasteiger partial charge in [0.15, 0.2) is 17.3 Å². The summed E-state index contributed by atoms with van der Waals surface area (Å²) in [7, 11) is 1.50. The first kappa shape index (κ1) is 32.9. The fraction of sp³-hybridized carbons (Fsp3) is 0.722. The van der Waals surface area contributed by atoms with Gasteiger partial charge in [-0.25, -0.2) is 0 Å². The zero-order chi connectivity index (χ0) is 31.3. The van der Waals surface area contributed by atoms with E-state index in [1.54, 1.807) is 12.1 Å². The molecule has 1 aromatic rings. The fourth-order valence-electron chi connectivity index (χ4n) is 8.65. The number of nitrogens with one attached hydrogen (secondary N) is 1. The number of aromatic hydroxyl groups is 1. The lowest BCUT2D eigenvalue weighted by Gasteiger charge is -2.44.